The van der Waals surface area contributed by atoms with Crippen molar-refractivity contribution >= 4 is 5.69 Å². The maximum absolute atomic E-state index is 4.10. The van der Waals surface area contributed by atoms with E-state index in [-0.39, 0.29) is 0 Å². The number of nitrogens with zero attached hydrogens (tertiary/aromatic N) is 1. The predicted molar refractivity (Wildman–Crippen MR) is 57.0 cm³/mol. The van der Waals surface area contributed by atoms with E-state index < -0.39 is 0 Å². The second kappa shape index (κ2) is 4.85. The number of aryl methyl sites for hydroxylation is 1. The van der Waals surface area contributed by atoms with E-state index in [2.05, 4.69) is 31.1 Å². The lowest BCUT2D eigenvalue weighted by Gasteiger charge is -2.17. The van der Waals surface area contributed by atoms with Crippen LogP contribution in [0.25, 0.3) is 0 Å². The summed E-state index contributed by atoms with van der Waals surface area (Å²) in [7, 11) is 0. The molecule has 0 fully saturated rings. The molecule has 0 amide bonds. The van der Waals surface area contributed by atoms with Gasteiger partial charge in [-0.3, -0.25) is 4.98 Å². The molecule has 2 nitrogen and oxygen atoms in total. The monoisotopic (exact) mass is 178 g/mol. The summed E-state index contributed by atoms with van der Waals surface area (Å²) < 4.78 is 0. The molecule has 13 heavy (non-hydrogen) atoms. The summed E-state index contributed by atoms with van der Waals surface area (Å²) in [4.78, 5) is 4.10. The minimum absolute atomic E-state index is 0.572. The Bertz CT molecular complexity index is 254. The Morgan fingerprint density at radius 2 is 2.08 bits per heavy atom. The van der Waals surface area contributed by atoms with Gasteiger partial charge in [-0.05, 0) is 31.4 Å². The summed E-state index contributed by atoms with van der Waals surface area (Å²) >= 11 is 0. The zero-order chi connectivity index (χ0) is 9.68. The fraction of sp³-hybridized carbons (Fsp3) is 0.545. The second-order valence-corrected chi connectivity index (χ2v) is 3.35. The van der Waals surface area contributed by atoms with Crippen LogP contribution in [0.5, 0.6) is 0 Å². The Balaban J connectivity index is 2.67. The number of anilines is 1. The Labute approximate surface area is 80.4 Å². The topological polar surface area (TPSA) is 24.9 Å². The van der Waals surface area contributed by atoms with Gasteiger partial charge in [-0.2, -0.15) is 0 Å². The Hall–Kier alpha value is -1.05. The minimum atomic E-state index is 0.572. The van der Waals surface area contributed by atoms with Crippen LogP contribution in [0, 0.1) is 6.92 Å². The molecule has 1 aromatic heterocycles. The van der Waals surface area contributed by atoms with Crippen LogP contribution in [-0.2, 0) is 0 Å². The lowest BCUT2D eigenvalue weighted by Crippen LogP contribution is -2.17. The molecule has 1 heterocycles. The number of rotatable bonds is 4. The van der Waals surface area contributed by atoms with E-state index in [4.69, 9.17) is 0 Å². The molecule has 72 valence electrons. The molecule has 1 aromatic rings. The van der Waals surface area contributed by atoms with E-state index in [9.17, 15) is 0 Å². The third kappa shape index (κ3) is 2.72. The van der Waals surface area contributed by atoms with Crippen LogP contribution in [0.1, 0.15) is 32.3 Å². The molecule has 0 aromatic carbocycles. The summed E-state index contributed by atoms with van der Waals surface area (Å²) in [6.45, 7) is 6.51. The van der Waals surface area contributed by atoms with Crippen molar-refractivity contribution < 1.29 is 0 Å². The third-order valence-corrected chi connectivity index (χ3v) is 2.38. The molecule has 0 atom stereocenters. The number of hydrogen-bond acceptors (Lipinski definition) is 2. The third-order valence-electron chi connectivity index (χ3n) is 2.38. The predicted octanol–water partition coefficient (Wildman–Crippen LogP) is 2.99. The fourth-order valence-corrected chi connectivity index (χ4v) is 1.33. The summed E-state index contributed by atoms with van der Waals surface area (Å²) in [5, 5.41) is 3.48. The first kappa shape index (κ1) is 10.0. The standard InChI is InChI=1S/C11H18N2/c1-4-10(5-2)13-11-8-12-7-6-9(11)3/h6-8,10,13H,4-5H2,1-3H3. The van der Waals surface area contributed by atoms with Gasteiger partial charge in [0.25, 0.3) is 0 Å². The first-order valence-electron chi connectivity index (χ1n) is 4.95. The highest BCUT2D eigenvalue weighted by atomic mass is 14.9. The van der Waals surface area contributed by atoms with Crippen molar-refractivity contribution in [3.8, 4) is 0 Å². The van der Waals surface area contributed by atoms with Gasteiger partial charge in [-0.25, -0.2) is 0 Å². The quantitative estimate of drug-likeness (QED) is 0.766. The summed E-state index contributed by atoms with van der Waals surface area (Å²) in [6, 6.07) is 2.60. The van der Waals surface area contributed by atoms with Gasteiger partial charge in [-0.15, -0.1) is 0 Å². The molecule has 0 saturated heterocycles. The van der Waals surface area contributed by atoms with Crippen LogP contribution in [0.3, 0.4) is 0 Å². The molecule has 1 N–H and O–H groups in total. The van der Waals surface area contributed by atoms with Crippen LogP contribution < -0.4 is 5.32 Å². The van der Waals surface area contributed by atoms with Gasteiger partial charge >= 0.3 is 0 Å². The van der Waals surface area contributed by atoms with Crippen LogP contribution in [0.4, 0.5) is 5.69 Å². The van der Waals surface area contributed by atoms with E-state index in [1.807, 2.05) is 18.5 Å². The molecular weight excluding hydrogens is 160 g/mol. The van der Waals surface area contributed by atoms with Crippen LogP contribution >= 0.6 is 0 Å². The summed E-state index contributed by atoms with van der Waals surface area (Å²) in [5.41, 5.74) is 2.43. The lowest BCUT2D eigenvalue weighted by molar-refractivity contribution is 0.670. The first-order chi connectivity index (χ1) is 6.27. The highest BCUT2D eigenvalue weighted by molar-refractivity contribution is 5.48. The van der Waals surface area contributed by atoms with Crippen molar-refractivity contribution in [3.63, 3.8) is 0 Å². The molecule has 1 rings (SSSR count). The molecule has 0 aliphatic rings. The van der Waals surface area contributed by atoms with Crippen LogP contribution in [0.2, 0.25) is 0 Å². The van der Waals surface area contributed by atoms with Crippen molar-refractivity contribution in [3.05, 3.63) is 24.0 Å². The van der Waals surface area contributed by atoms with Crippen LogP contribution in [0.15, 0.2) is 18.5 Å². The number of aromatic nitrogens is 1. The minimum Gasteiger partial charge on any atom is -0.381 e. The van der Waals surface area contributed by atoms with Crippen molar-refractivity contribution in [1.82, 2.24) is 4.98 Å². The maximum atomic E-state index is 4.10. The molecule has 0 aliphatic carbocycles. The van der Waals surface area contributed by atoms with Gasteiger partial charge in [0.15, 0.2) is 0 Å². The van der Waals surface area contributed by atoms with Gasteiger partial charge in [0.1, 0.15) is 0 Å². The van der Waals surface area contributed by atoms with Gasteiger partial charge in [0.2, 0.25) is 0 Å². The van der Waals surface area contributed by atoms with Crippen molar-refractivity contribution in [2.24, 2.45) is 0 Å². The Morgan fingerprint density at radius 1 is 1.38 bits per heavy atom. The van der Waals surface area contributed by atoms with Gasteiger partial charge in [0.05, 0.1) is 11.9 Å². The second-order valence-electron chi connectivity index (χ2n) is 3.35. The Morgan fingerprint density at radius 3 is 2.62 bits per heavy atom. The average Bonchev–Trinajstić information content (AvgIpc) is 2.17. The first-order valence-corrected chi connectivity index (χ1v) is 4.95. The molecule has 2 heteroatoms. The zero-order valence-corrected chi connectivity index (χ0v) is 8.67. The summed E-state index contributed by atoms with van der Waals surface area (Å²) in [5.74, 6) is 0. The Kier molecular flexibility index (Phi) is 3.74. The van der Waals surface area contributed by atoms with Crippen molar-refractivity contribution in [2.75, 3.05) is 5.32 Å². The zero-order valence-electron chi connectivity index (χ0n) is 8.67. The maximum Gasteiger partial charge on any atom is 0.0558 e. The van der Waals surface area contributed by atoms with Gasteiger partial charge in [-0.1, -0.05) is 13.8 Å². The summed E-state index contributed by atoms with van der Waals surface area (Å²) in [6.07, 6.45) is 6.04. The SMILES string of the molecule is CCC(CC)Nc1cnccc1C. The highest BCUT2D eigenvalue weighted by Crippen LogP contribution is 2.14. The lowest BCUT2D eigenvalue weighted by atomic mass is 10.1. The van der Waals surface area contributed by atoms with E-state index in [1.165, 1.54) is 5.56 Å². The van der Waals surface area contributed by atoms with E-state index in [0.717, 1.165) is 18.5 Å². The smallest absolute Gasteiger partial charge is 0.0558 e. The number of pyridine rings is 1. The molecule has 0 radical (unpaired) electrons. The van der Waals surface area contributed by atoms with Crippen molar-refractivity contribution in [1.29, 1.82) is 0 Å². The van der Waals surface area contributed by atoms with E-state index >= 15 is 0 Å². The molecule has 0 bridgehead atoms. The van der Waals surface area contributed by atoms with Gasteiger partial charge in [0, 0.05) is 12.2 Å². The molecule has 0 unspecified atom stereocenters. The fourth-order valence-electron chi connectivity index (χ4n) is 1.33. The highest BCUT2D eigenvalue weighted by Gasteiger charge is 2.04. The number of hydrogen-bond donors (Lipinski definition) is 1. The average molecular weight is 178 g/mol. The van der Waals surface area contributed by atoms with Crippen molar-refractivity contribution in [2.45, 2.75) is 39.7 Å². The normalized spacial score (nSPS) is 10.5. The molecule has 0 saturated carbocycles. The van der Waals surface area contributed by atoms with E-state index in [1.54, 1.807) is 0 Å². The number of nitrogens with one attached hydrogen (secondary N) is 1. The largest absolute Gasteiger partial charge is 0.381 e. The molecule has 0 aliphatic heterocycles. The van der Waals surface area contributed by atoms with Crippen LogP contribution in [-0.4, -0.2) is 11.0 Å². The van der Waals surface area contributed by atoms with Gasteiger partial charge < -0.3 is 5.32 Å². The van der Waals surface area contributed by atoms with E-state index in [0.29, 0.717) is 6.04 Å². The molecular formula is C11H18N2. The molecule has 0 spiro atoms.